The number of hydrogen-bond donors (Lipinski definition) is 0. The topological polar surface area (TPSA) is 24.9 Å². The molecule has 0 radical (unpaired) electrons. The molecule has 0 bridgehead atoms. The van der Waals surface area contributed by atoms with Crippen molar-refractivity contribution in [3.8, 4) is 11.5 Å². The Kier molecular flexibility index (Phi) is 8.26. The van der Waals surface area contributed by atoms with Gasteiger partial charge in [-0.3, -0.25) is 4.90 Å². The molecule has 2 aromatic rings. The molecule has 4 nitrogen and oxygen atoms in total. The van der Waals surface area contributed by atoms with Crippen LogP contribution in [0.1, 0.15) is 17.5 Å². The molecule has 1 aliphatic heterocycles. The van der Waals surface area contributed by atoms with E-state index >= 15 is 0 Å². The third-order valence-electron chi connectivity index (χ3n) is 5.07. The van der Waals surface area contributed by atoms with Crippen LogP contribution >= 0.6 is 12.4 Å². The first-order valence-corrected chi connectivity index (χ1v) is 9.48. The number of nitrogens with zero attached hydrogens (tertiary/aromatic N) is 2. The normalized spacial score (nSPS) is 14.6. The van der Waals surface area contributed by atoms with Crippen molar-refractivity contribution in [1.29, 1.82) is 0 Å². The van der Waals surface area contributed by atoms with Crippen LogP contribution in [0, 0.1) is 13.8 Å². The van der Waals surface area contributed by atoms with Crippen LogP contribution in [-0.4, -0.2) is 51.3 Å². The molecule has 0 saturated carbocycles. The summed E-state index contributed by atoms with van der Waals surface area (Å²) in [7, 11) is 1.74. The lowest BCUT2D eigenvalue weighted by Gasteiger charge is -2.36. The standard InChI is InChI=1S/C22H30N2O2.ClH/c1-18-8-6-9-19(2)22(18)26-17-7-12-23-13-15-24(16-14-23)20-10-4-5-11-21(20)25-3;/h4-6,8-11H,7,12-17H2,1-3H3;1H. The highest BCUT2D eigenvalue weighted by atomic mass is 35.5. The van der Waals surface area contributed by atoms with Crippen molar-refractivity contribution in [1.82, 2.24) is 4.90 Å². The molecule has 0 aromatic heterocycles. The Morgan fingerprint density at radius 3 is 2.22 bits per heavy atom. The van der Waals surface area contributed by atoms with Crippen molar-refractivity contribution >= 4 is 18.1 Å². The highest BCUT2D eigenvalue weighted by Crippen LogP contribution is 2.28. The number of rotatable bonds is 7. The van der Waals surface area contributed by atoms with E-state index in [4.69, 9.17) is 9.47 Å². The average molecular weight is 391 g/mol. The van der Waals surface area contributed by atoms with Crippen molar-refractivity contribution in [3.63, 3.8) is 0 Å². The lowest BCUT2D eigenvalue weighted by molar-refractivity contribution is 0.223. The Morgan fingerprint density at radius 1 is 0.889 bits per heavy atom. The van der Waals surface area contributed by atoms with Gasteiger partial charge >= 0.3 is 0 Å². The van der Waals surface area contributed by atoms with Gasteiger partial charge in [0, 0.05) is 32.7 Å². The Balaban J connectivity index is 0.00000261. The van der Waals surface area contributed by atoms with Gasteiger partial charge < -0.3 is 14.4 Å². The number of para-hydroxylation sites is 3. The molecule has 27 heavy (non-hydrogen) atoms. The maximum Gasteiger partial charge on any atom is 0.142 e. The number of benzene rings is 2. The fraction of sp³-hybridized carbons (Fsp3) is 0.455. The summed E-state index contributed by atoms with van der Waals surface area (Å²) in [5.74, 6) is 2.01. The number of halogens is 1. The fourth-order valence-electron chi connectivity index (χ4n) is 3.59. The number of piperazine rings is 1. The third kappa shape index (κ3) is 5.53. The molecule has 0 N–H and O–H groups in total. The first-order valence-electron chi connectivity index (χ1n) is 9.48. The second-order valence-electron chi connectivity index (χ2n) is 6.92. The molecule has 5 heteroatoms. The molecule has 3 rings (SSSR count). The summed E-state index contributed by atoms with van der Waals surface area (Å²) in [4.78, 5) is 4.95. The van der Waals surface area contributed by atoms with Gasteiger partial charge in [-0.25, -0.2) is 0 Å². The highest BCUT2D eigenvalue weighted by Gasteiger charge is 2.19. The van der Waals surface area contributed by atoms with Crippen molar-refractivity contribution in [2.24, 2.45) is 0 Å². The van der Waals surface area contributed by atoms with E-state index < -0.39 is 0 Å². The monoisotopic (exact) mass is 390 g/mol. The minimum Gasteiger partial charge on any atom is -0.495 e. The molecule has 1 fully saturated rings. The molecule has 0 amide bonds. The van der Waals surface area contributed by atoms with Gasteiger partial charge in [-0.05, 0) is 43.5 Å². The minimum atomic E-state index is 0. The van der Waals surface area contributed by atoms with E-state index in [0.717, 1.165) is 57.3 Å². The van der Waals surface area contributed by atoms with Crippen molar-refractivity contribution < 1.29 is 9.47 Å². The smallest absolute Gasteiger partial charge is 0.142 e. The van der Waals surface area contributed by atoms with Crippen molar-refractivity contribution in [2.75, 3.05) is 51.3 Å². The summed E-state index contributed by atoms with van der Waals surface area (Å²) in [5.41, 5.74) is 3.64. The third-order valence-corrected chi connectivity index (χ3v) is 5.07. The average Bonchev–Trinajstić information content (AvgIpc) is 2.67. The molecule has 0 spiro atoms. The van der Waals surface area contributed by atoms with Gasteiger partial charge in [0.2, 0.25) is 0 Å². The number of ether oxygens (including phenoxy) is 2. The SMILES string of the molecule is COc1ccccc1N1CCN(CCCOc2c(C)cccc2C)CC1.Cl. The summed E-state index contributed by atoms with van der Waals surface area (Å²) < 4.78 is 11.5. The van der Waals surface area contributed by atoms with Gasteiger partial charge in [-0.2, -0.15) is 0 Å². The van der Waals surface area contributed by atoms with Crippen LogP contribution in [0.3, 0.4) is 0 Å². The Morgan fingerprint density at radius 2 is 1.56 bits per heavy atom. The Labute approximate surface area is 169 Å². The molecular weight excluding hydrogens is 360 g/mol. The number of hydrogen-bond acceptors (Lipinski definition) is 4. The van der Waals surface area contributed by atoms with Crippen molar-refractivity contribution in [3.05, 3.63) is 53.6 Å². The van der Waals surface area contributed by atoms with E-state index in [-0.39, 0.29) is 12.4 Å². The van der Waals surface area contributed by atoms with Gasteiger partial charge in [0.15, 0.2) is 0 Å². The highest BCUT2D eigenvalue weighted by molar-refractivity contribution is 5.85. The zero-order valence-electron chi connectivity index (χ0n) is 16.6. The molecule has 1 aliphatic rings. The van der Waals surface area contributed by atoms with Crippen LogP contribution in [0.5, 0.6) is 11.5 Å². The van der Waals surface area contributed by atoms with Crippen molar-refractivity contribution in [2.45, 2.75) is 20.3 Å². The first-order chi connectivity index (χ1) is 12.7. The quantitative estimate of drug-likeness (QED) is 0.657. The van der Waals surface area contributed by atoms with Crippen LogP contribution in [0.2, 0.25) is 0 Å². The first kappa shape index (κ1) is 21.4. The lowest BCUT2D eigenvalue weighted by atomic mass is 10.1. The maximum atomic E-state index is 6.03. The largest absolute Gasteiger partial charge is 0.495 e. The van der Waals surface area contributed by atoms with Crippen LogP contribution < -0.4 is 14.4 Å². The molecule has 0 aliphatic carbocycles. The van der Waals surface area contributed by atoms with Gasteiger partial charge in [-0.15, -0.1) is 12.4 Å². The summed E-state index contributed by atoms with van der Waals surface area (Å²) >= 11 is 0. The van der Waals surface area contributed by atoms with E-state index in [1.807, 2.05) is 12.1 Å². The summed E-state index contributed by atoms with van der Waals surface area (Å²) in [6.07, 6.45) is 1.06. The van der Waals surface area contributed by atoms with E-state index in [1.165, 1.54) is 16.8 Å². The summed E-state index contributed by atoms with van der Waals surface area (Å²) in [5, 5.41) is 0. The van der Waals surface area contributed by atoms with Gasteiger partial charge in [0.25, 0.3) is 0 Å². The van der Waals surface area contributed by atoms with Crippen LogP contribution in [0.15, 0.2) is 42.5 Å². The second-order valence-corrected chi connectivity index (χ2v) is 6.92. The predicted molar refractivity (Wildman–Crippen MR) is 115 cm³/mol. The van der Waals surface area contributed by atoms with E-state index in [9.17, 15) is 0 Å². The summed E-state index contributed by atoms with van der Waals surface area (Å²) in [6.45, 7) is 10.3. The maximum absolute atomic E-state index is 6.03. The van der Waals surface area contributed by atoms with Gasteiger partial charge in [-0.1, -0.05) is 30.3 Å². The fourth-order valence-corrected chi connectivity index (χ4v) is 3.59. The van der Waals surface area contributed by atoms with Crippen LogP contribution in [0.4, 0.5) is 5.69 Å². The number of aryl methyl sites for hydroxylation is 2. The number of anilines is 1. The zero-order chi connectivity index (χ0) is 18.4. The Bertz CT molecular complexity index is 695. The molecular formula is C22H31ClN2O2. The molecule has 1 saturated heterocycles. The molecule has 0 atom stereocenters. The zero-order valence-corrected chi connectivity index (χ0v) is 17.4. The Hall–Kier alpha value is -1.91. The van der Waals surface area contributed by atoms with E-state index in [2.05, 4.69) is 54.0 Å². The van der Waals surface area contributed by atoms with E-state index in [1.54, 1.807) is 7.11 Å². The number of methoxy groups -OCH3 is 1. The van der Waals surface area contributed by atoms with E-state index in [0.29, 0.717) is 0 Å². The second kappa shape index (κ2) is 10.4. The molecule has 1 heterocycles. The van der Waals surface area contributed by atoms with Crippen LogP contribution in [-0.2, 0) is 0 Å². The van der Waals surface area contributed by atoms with Crippen LogP contribution in [0.25, 0.3) is 0 Å². The molecule has 0 unspecified atom stereocenters. The lowest BCUT2D eigenvalue weighted by Crippen LogP contribution is -2.46. The minimum absolute atomic E-state index is 0. The van der Waals surface area contributed by atoms with Gasteiger partial charge in [0.1, 0.15) is 11.5 Å². The van der Waals surface area contributed by atoms with Gasteiger partial charge in [0.05, 0.1) is 19.4 Å². The summed E-state index contributed by atoms with van der Waals surface area (Å²) in [6, 6.07) is 14.6. The molecule has 148 valence electrons. The predicted octanol–water partition coefficient (Wildman–Crippen LogP) is 4.32. The molecule has 2 aromatic carbocycles.